The van der Waals surface area contributed by atoms with Crippen LogP contribution in [0.1, 0.15) is 37.6 Å². The molecule has 1 aliphatic rings. The zero-order chi connectivity index (χ0) is 20.9. The largest absolute Gasteiger partial charge is 0.374 e. The highest BCUT2D eigenvalue weighted by molar-refractivity contribution is 5.84. The van der Waals surface area contributed by atoms with E-state index in [1.54, 1.807) is 4.90 Å². The van der Waals surface area contributed by atoms with E-state index in [0.29, 0.717) is 6.54 Å². The molecule has 0 saturated carbocycles. The standard InChI is InChI=1S/C24H29N5O/c1-18(24(30)28(2)17-19-10-5-3-6-11-19)25-21-13-9-12-20(16-21)23-27-26-22-14-7-4-8-15-29(22)23/h3,5-6,9-13,16,18,25H,4,7-8,14-15,17H2,1-2H3. The summed E-state index contributed by atoms with van der Waals surface area (Å²) in [6, 6.07) is 17.8. The Kier molecular flexibility index (Phi) is 6.12. The molecule has 2 heterocycles. The van der Waals surface area contributed by atoms with Crippen molar-refractivity contribution >= 4 is 11.6 Å². The first kappa shape index (κ1) is 20.1. The third kappa shape index (κ3) is 4.53. The summed E-state index contributed by atoms with van der Waals surface area (Å²) >= 11 is 0. The SMILES string of the molecule is CC(Nc1cccc(-c2nnc3n2CCCCC3)c1)C(=O)N(C)Cc1ccccc1. The molecule has 0 spiro atoms. The number of amides is 1. The summed E-state index contributed by atoms with van der Waals surface area (Å²) in [6.07, 6.45) is 4.57. The molecule has 0 radical (unpaired) electrons. The van der Waals surface area contributed by atoms with Crippen LogP contribution in [0.25, 0.3) is 11.4 Å². The lowest BCUT2D eigenvalue weighted by Gasteiger charge is -2.23. The number of aromatic nitrogens is 3. The topological polar surface area (TPSA) is 63.1 Å². The highest BCUT2D eigenvalue weighted by Crippen LogP contribution is 2.25. The van der Waals surface area contributed by atoms with Crippen molar-refractivity contribution in [3.05, 3.63) is 66.0 Å². The fourth-order valence-corrected chi connectivity index (χ4v) is 4.02. The number of hydrogen-bond donors (Lipinski definition) is 1. The summed E-state index contributed by atoms with van der Waals surface area (Å²) in [6.45, 7) is 3.46. The van der Waals surface area contributed by atoms with Crippen molar-refractivity contribution in [2.45, 2.75) is 51.7 Å². The fourth-order valence-electron chi connectivity index (χ4n) is 4.02. The van der Waals surface area contributed by atoms with Crippen molar-refractivity contribution < 1.29 is 4.79 Å². The van der Waals surface area contributed by atoms with Gasteiger partial charge in [-0.15, -0.1) is 10.2 Å². The van der Waals surface area contributed by atoms with Crippen LogP contribution in [0, 0.1) is 0 Å². The van der Waals surface area contributed by atoms with Gasteiger partial charge in [0.2, 0.25) is 5.91 Å². The van der Waals surface area contributed by atoms with Crippen LogP contribution in [0.5, 0.6) is 0 Å². The van der Waals surface area contributed by atoms with Gasteiger partial charge in [-0.1, -0.05) is 48.9 Å². The minimum Gasteiger partial charge on any atom is -0.374 e. The molecule has 0 aliphatic carbocycles. The van der Waals surface area contributed by atoms with Crippen molar-refractivity contribution in [3.63, 3.8) is 0 Å². The van der Waals surface area contributed by atoms with Gasteiger partial charge in [-0.3, -0.25) is 4.79 Å². The van der Waals surface area contributed by atoms with Gasteiger partial charge < -0.3 is 14.8 Å². The second-order valence-electron chi connectivity index (χ2n) is 8.03. The van der Waals surface area contributed by atoms with E-state index in [9.17, 15) is 4.79 Å². The van der Waals surface area contributed by atoms with Gasteiger partial charge in [-0.25, -0.2) is 0 Å². The molecule has 156 valence electrons. The zero-order valence-corrected chi connectivity index (χ0v) is 17.7. The molecule has 6 heteroatoms. The average Bonchev–Trinajstić information content (AvgIpc) is 3.02. The van der Waals surface area contributed by atoms with E-state index in [4.69, 9.17) is 0 Å². The number of benzene rings is 2. The van der Waals surface area contributed by atoms with Gasteiger partial charge >= 0.3 is 0 Å². The van der Waals surface area contributed by atoms with Gasteiger partial charge in [0, 0.05) is 37.8 Å². The minimum atomic E-state index is -0.329. The number of aryl methyl sites for hydroxylation is 1. The summed E-state index contributed by atoms with van der Waals surface area (Å²) in [5, 5.41) is 12.2. The van der Waals surface area contributed by atoms with E-state index in [2.05, 4.69) is 32.2 Å². The highest BCUT2D eigenvalue weighted by Gasteiger charge is 2.19. The van der Waals surface area contributed by atoms with E-state index >= 15 is 0 Å². The number of hydrogen-bond acceptors (Lipinski definition) is 4. The Morgan fingerprint density at radius 2 is 1.93 bits per heavy atom. The molecule has 0 fully saturated rings. The van der Waals surface area contributed by atoms with Gasteiger partial charge in [-0.2, -0.15) is 0 Å². The van der Waals surface area contributed by atoms with Gasteiger partial charge in [0.05, 0.1) is 0 Å². The van der Waals surface area contributed by atoms with Crippen LogP contribution < -0.4 is 5.32 Å². The second kappa shape index (κ2) is 9.11. The molecule has 30 heavy (non-hydrogen) atoms. The first-order valence-electron chi connectivity index (χ1n) is 10.7. The maximum Gasteiger partial charge on any atom is 0.244 e. The van der Waals surface area contributed by atoms with E-state index in [1.807, 2.05) is 56.4 Å². The van der Waals surface area contributed by atoms with Crippen LogP contribution in [0.4, 0.5) is 5.69 Å². The number of carbonyl (C=O) groups excluding carboxylic acids is 1. The molecule has 1 unspecified atom stereocenters. The molecule has 1 atom stereocenters. The molecule has 3 aromatic rings. The van der Waals surface area contributed by atoms with Crippen molar-refractivity contribution in [1.29, 1.82) is 0 Å². The molecule has 1 N–H and O–H groups in total. The van der Waals surface area contributed by atoms with E-state index in [0.717, 1.165) is 47.8 Å². The Morgan fingerprint density at radius 1 is 1.10 bits per heavy atom. The Balaban J connectivity index is 1.45. The van der Waals surface area contributed by atoms with Crippen LogP contribution in [-0.4, -0.2) is 38.7 Å². The normalized spacial score (nSPS) is 14.5. The number of likely N-dealkylation sites (N-methyl/N-ethyl adjacent to an activating group) is 1. The van der Waals surface area contributed by atoms with Crippen molar-refractivity contribution in [2.24, 2.45) is 0 Å². The van der Waals surface area contributed by atoms with E-state index in [-0.39, 0.29) is 11.9 Å². The van der Waals surface area contributed by atoms with Crippen LogP contribution in [0.2, 0.25) is 0 Å². The predicted molar refractivity (Wildman–Crippen MR) is 119 cm³/mol. The number of carbonyl (C=O) groups is 1. The van der Waals surface area contributed by atoms with Crippen LogP contribution in [0.15, 0.2) is 54.6 Å². The molecule has 0 saturated heterocycles. The second-order valence-corrected chi connectivity index (χ2v) is 8.03. The van der Waals surface area contributed by atoms with E-state index in [1.165, 1.54) is 12.8 Å². The van der Waals surface area contributed by atoms with Crippen LogP contribution in [-0.2, 0) is 24.3 Å². The van der Waals surface area contributed by atoms with Gasteiger partial charge in [0.15, 0.2) is 5.82 Å². The molecule has 0 bridgehead atoms. The molecule has 2 aromatic carbocycles. The molecular formula is C24H29N5O. The van der Waals surface area contributed by atoms with Gasteiger partial charge in [0.25, 0.3) is 0 Å². The lowest BCUT2D eigenvalue weighted by Crippen LogP contribution is -2.38. The summed E-state index contributed by atoms with van der Waals surface area (Å²) in [4.78, 5) is 14.6. The predicted octanol–water partition coefficient (Wildman–Crippen LogP) is 4.13. The Morgan fingerprint density at radius 3 is 2.77 bits per heavy atom. The quantitative estimate of drug-likeness (QED) is 0.672. The Labute approximate surface area is 177 Å². The monoisotopic (exact) mass is 403 g/mol. The number of anilines is 1. The number of fused-ring (bicyclic) bond motifs is 1. The molecule has 1 aliphatic heterocycles. The first-order chi connectivity index (χ1) is 14.6. The summed E-state index contributed by atoms with van der Waals surface area (Å²) in [5.41, 5.74) is 3.06. The van der Waals surface area contributed by atoms with Crippen molar-refractivity contribution in [3.8, 4) is 11.4 Å². The molecule has 1 amide bonds. The molecule has 4 rings (SSSR count). The van der Waals surface area contributed by atoms with Crippen LogP contribution in [0.3, 0.4) is 0 Å². The van der Waals surface area contributed by atoms with Crippen LogP contribution >= 0.6 is 0 Å². The Bertz CT molecular complexity index is 998. The number of nitrogens with zero attached hydrogens (tertiary/aromatic N) is 4. The highest BCUT2D eigenvalue weighted by atomic mass is 16.2. The van der Waals surface area contributed by atoms with Crippen molar-refractivity contribution in [2.75, 3.05) is 12.4 Å². The average molecular weight is 404 g/mol. The Hall–Kier alpha value is -3.15. The van der Waals surface area contributed by atoms with Gasteiger partial charge in [-0.05, 0) is 37.5 Å². The maximum absolute atomic E-state index is 12.8. The number of rotatable bonds is 6. The third-order valence-corrected chi connectivity index (χ3v) is 5.62. The zero-order valence-electron chi connectivity index (χ0n) is 17.7. The maximum atomic E-state index is 12.8. The van der Waals surface area contributed by atoms with Gasteiger partial charge in [0.1, 0.15) is 11.9 Å². The van der Waals surface area contributed by atoms with E-state index < -0.39 is 0 Å². The smallest absolute Gasteiger partial charge is 0.244 e. The number of nitrogens with one attached hydrogen (secondary N) is 1. The molecule has 1 aromatic heterocycles. The van der Waals surface area contributed by atoms with Crippen molar-refractivity contribution in [1.82, 2.24) is 19.7 Å². The molecule has 6 nitrogen and oxygen atoms in total. The lowest BCUT2D eigenvalue weighted by atomic mass is 10.1. The first-order valence-corrected chi connectivity index (χ1v) is 10.7. The summed E-state index contributed by atoms with van der Waals surface area (Å²) in [7, 11) is 1.84. The lowest BCUT2D eigenvalue weighted by molar-refractivity contribution is -0.130. The summed E-state index contributed by atoms with van der Waals surface area (Å²) < 4.78 is 2.24. The minimum absolute atomic E-state index is 0.0561. The third-order valence-electron chi connectivity index (χ3n) is 5.62. The molecular weight excluding hydrogens is 374 g/mol. The fraction of sp³-hybridized carbons (Fsp3) is 0.375. The summed E-state index contributed by atoms with van der Waals surface area (Å²) in [5.74, 6) is 2.04.